The van der Waals surface area contributed by atoms with Crippen LogP contribution in [0.15, 0.2) is 72.8 Å². The summed E-state index contributed by atoms with van der Waals surface area (Å²) in [4.78, 5) is 13.4. The highest BCUT2D eigenvalue weighted by Gasteiger charge is 2.22. The van der Waals surface area contributed by atoms with Crippen LogP contribution in [0.2, 0.25) is 0 Å². The van der Waals surface area contributed by atoms with Gasteiger partial charge in [0.05, 0.1) is 18.2 Å². The zero-order valence-corrected chi connectivity index (χ0v) is 18.5. The Labute approximate surface area is 183 Å². The molecule has 1 unspecified atom stereocenters. The van der Waals surface area contributed by atoms with Crippen LogP contribution in [0.4, 0.5) is 5.69 Å². The summed E-state index contributed by atoms with van der Waals surface area (Å²) >= 11 is 0. The van der Waals surface area contributed by atoms with Crippen LogP contribution in [0.1, 0.15) is 47.1 Å². The Morgan fingerprint density at radius 1 is 0.968 bits per heavy atom. The Balaban J connectivity index is 1.83. The number of anilines is 1. The van der Waals surface area contributed by atoms with Crippen molar-refractivity contribution in [3.8, 4) is 5.75 Å². The molecule has 4 heteroatoms. The average Bonchev–Trinajstić information content (AvgIpc) is 3.17. The minimum absolute atomic E-state index is 0.0175. The smallest absolute Gasteiger partial charge is 0.272 e. The molecule has 1 amide bonds. The Bertz CT molecular complexity index is 1220. The minimum atomic E-state index is -0.135. The molecule has 4 rings (SSSR count). The number of fused-ring (bicyclic) bond motifs is 1. The number of carbonyl (C=O) groups excluding carboxylic acids is 1. The highest BCUT2D eigenvalue weighted by molar-refractivity contribution is 6.07. The molecule has 0 aliphatic heterocycles. The number of hydrogen-bond donors (Lipinski definition) is 1. The summed E-state index contributed by atoms with van der Waals surface area (Å²) in [5.41, 5.74) is 5.87. The lowest BCUT2D eigenvalue weighted by Gasteiger charge is -2.19. The first kappa shape index (κ1) is 20.7. The molecule has 0 saturated carbocycles. The molecule has 3 aromatic carbocycles. The molecule has 0 fully saturated rings. The van der Waals surface area contributed by atoms with Crippen molar-refractivity contribution in [2.75, 3.05) is 11.9 Å². The summed E-state index contributed by atoms with van der Waals surface area (Å²) in [5, 5.41) is 4.03. The first-order valence-electron chi connectivity index (χ1n) is 10.7. The van der Waals surface area contributed by atoms with E-state index in [1.807, 2.05) is 74.5 Å². The number of aromatic nitrogens is 1. The number of carbonyl (C=O) groups is 1. The summed E-state index contributed by atoms with van der Waals surface area (Å²) < 4.78 is 7.96. The molecule has 1 N–H and O–H groups in total. The number of benzene rings is 3. The lowest BCUT2D eigenvalue weighted by molar-refractivity contribution is 0.101. The van der Waals surface area contributed by atoms with Crippen LogP contribution >= 0.6 is 0 Å². The van der Waals surface area contributed by atoms with Crippen LogP contribution in [0.3, 0.4) is 0 Å². The third-order valence-electron chi connectivity index (χ3n) is 5.81. The van der Waals surface area contributed by atoms with Gasteiger partial charge >= 0.3 is 0 Å². The standard InChI is InChI=1S/C27H28N2O2/c1-5-31-26-13-9-12-24-23(26)17-25(29(24)20(4)21-10-7-6-8-11-21)27(30)28-22-15-14-18(2)19(3)16-22/h6-17,20H,5H2,1-4H3,(H,28,30). The molecule has 158 valence electrons. The normalized spacial score (nSPS) is 12.0. The Morgan fingerprint density at radius 3 is 2.45 bits per heavy atom. The first-order valence-corrected chi connectivity index (χ1v) is 10.7. The lowest BCUT2D eigenvalue weighted by atomic mass is 10.1. The van der Waals surface area contributed by atoms with Crippen molar-refractivity contribution in [2.45, 2.75) is 33.7 Å². The van der Waals surface area contributed by atoms with E-state index in [-0.39, 0.29) is 11.9 Å². The van der Waals surface area contributed by atoms with E-state index in [4.69, 9.17) is 4.74 Å². The van der Waals surface area contributed by atoms with Crippen LogP contribution in [-0.2, 0) is 0 Å². The number of ether oxygens (including phenoxy) is 1. The molecule has 1 heterocycles. The fraction of sp³-hybridized carbons (Fsp3) is 0.222. The summed E-state index contributed by atoms with van der Waals surface area (Å²) in [6.07, 6.45) is 0. The maximum atomic E-state index is 13.4. The van der Waals surface area contributed by atoms with Crippen molar-refractivity contribution in [1.82, 2.24) is 4.57 Å². The molecule has 4 aromatic rings. The third kappa shape index (κ3) is 4.06. The number of hydrogen-bond acceptors (Lipinski definition) is 2. The van der Waals surface area contributed by atoms with E-state index >= 15 is 0 Å². The van der Waals surface area contributed by atoms with Gasteiger partial charge in [-0.25, -0.2) is 0 Å². The Hall–Kier alpha value is -3.53. The molecule has 0 aliphatic rings. The molecular formula is C27H28N2O2. The van der Waals surface area contributed by atoms with Gasteiger partial charge in [-0.1, -0.05) is 42.5 Å². The van der Waals surface area contributed by atoms with E-state index in [9.17, 15) is 4.79 Å². The molecule has 4 nitrogen and oxygen atoms in total. The molecule has 31 heavy (non-hydrogen) atoms. The van der Waals surface area contributed by atoms with E-state index in [0.717, 1.165) is 33.5 Å². The van der Waals surface area contributed by atoms with E-state index in [1.54, 1.807) is 0 Å². The topological polar surface area (TPSA) is 43.3 Å². The van der Waals surface area contributed by atoms with Crippen molar-refractivity contribution in [1.29, 1.82) is 0 Å². The minimum Gasteiger partial charge on any atom is -0.493 e. The van der Waals surface area contributed by atoms with Gasteiger partial charge in [0.25, 0.3) is 5.91 Å². The van der Waals surface area contributed by atoms with Crippen LogP contribution in [0, 0.1) is 13.8 Å². The fourth-order valence-corrected chi connectivity index (χ4v) is 3.99. The molecule has 1 aromatic heterocycles. The van der Waals surface area contributed by atoms with Crippen molar-refractivity contribution < 1.29 is 9.53 Å². The molecular weight excluding hydrogens is 384 g/mol. The molecule has 0 spiro atoms. The predicted octanol–water partition coefficient (Wildman–Crippen LogP) is 6.52. The van der Waals surface area contributed by atoms with Crippen molar-refractivity contribution in [2.24, 2.45) is 0 Å². The van der Waals surface area contributed by atoms with Gasteiger partial charge < -0.3 is 14.6 Å². The van der Waals surface area contributed by atoms with Gasteiger partial charge in [-0.3, -0.25) is 4.79 Å². The van der Waals surface area contributed by atoms with E-state index < -0.39 is 0 Å². The SMILES string of the molecule is CCOc1cccc2c1cc(C(=O)Nc1ccc(C)c(C)c1)n2C(C)c1ccccc1. The van der Waals surface area contributed by atoms with Gasteiger partial charge in [-0.05, 0) is 74.7 Å². The number of rotatable bonds is 6. The van der Waals surface area contributed by atoms with Crippen LogP contribution in [0.5, 0.6) is 5.75 Å². The number of nitrogens with zero attached hydrogens (tertiary/aromatic N) is 1. The van der Waals surface area contributed by atoms with Gasteiger partial charge in [0.15, 0.2) is 0 Å². The number of amides is 1. The highest BCUT2D eigenvalue weighted by Crippen LogP contribution is 2.34. The number of nitrogens with one attached hydrogen (secondary N) is 1. The van der Waals surface area contributed by atoms with Gasteiger partial charge in [0.2, 0.25) is 0 Å². The second-order valence-electron chi connectivity index (χ2n) is 7.86. The Morgan fingerprint density at radius 2 is 1.74 bits per heavy atom. The Kier molecular flexibility index (Phi) is 5.81. The predicted molar refractivity (Wildman–Crippen MR) is 127 cm³/mol. The second-order valence-corrected chi connectivity index (χ2v) is 7.86. The maximum absolute atomic E-state index is 13.4. The summed E-state index contributed by atoms with van der Waals surface area (Å²) in [6, 6.07) is 24.1. The van der Waals surface area contributed by atoms with Crippen molar-refractivity contribution in [3.63, 3.8) is 0 Å². The van der Waals surface area contributed by atoms with Gasteiger partial charge in [-0.2, -0.15) is 0 Å². The van der Waals surface area contributed by atoms with Crippen molar-refractivity contribution >= 4 is 22.5 Å². The summed E-state index contributed by atoms with van der Waals surface area (Å²) in [6.45, 7) is 8.77. The van der Waals surface area contributed by atoms with Crippen LogP contribution in [-0.4, -0.2) is 17.1 Å². The lowest BCUT2D eigenvalue weighted by Crippen LogP contribution is -2.19. The zero-order valence-electron chi connectivity index (χ0n) is 18.5. The third-order valence-corrected chi connectivity index (χ3v) is 5.81. The second kappa shape index (κ2) is 8.68. The molecule has 1 atom stereocenters. The zero-order chi connectivity index (χ0) is 22.0. The first-order chi connectivity index (χ1) is 15.0. The molecule has 0 radical (unpaired) electrons. The molecule has 0 saturated heterocycles. The summed E-state index contributed by atoms with van der Waals surface area (Å²) in [7, 11) is 0. The van der Waals surface area contributed by atoms with E-state index in [1.165, 1.54) is 5.56 Å². The number of aryl methyl sites for hydroxylation is 2. The van der Waals surface area contributed by atoms with Crippen LogP contribution < -0.4 is 10.1 Å². The molecule has 0 bridgehead atoms. The van der Waals surface area contributed by atoms with Crippen molar-refractivity contribution in [3.05, 3.63) is 95.2 Å². The highest BCUT2D eigenvalue weighted by atomic mass is 16.5. The average molecular weight is 413 g/mol. The largest absolute Gasteiger partial charge is 0.493 e. The van der Waals surface area contributed by atoms with E-state index in [2.05, 4.69) is 35.9 Å². The monoisotopic (exact) mass is 412 g/mol. The van der Waals surface area contributed by atoms with Crippen LogP contribution in [0.25, 0.3) is 10.9 Å². The van der Waals surface area contributed by atoms with Gasteiger partial charge in [0.1, 0.15) is 11.4 Å². The van der Waals surface area contributed by atoms with Gasteiger partial charge in [-0.15, -0.1) is 0 Å². The molecule has 0 aliphatic carbocycles. The summed E-state index contributed by atoms with van der Waals surface area (Å²) in [5.74, 6) is 0.656. The van der Waals surface area contributed by atoms with E-state index in [0.29, 0.717) is 12.3 Å². The van der Waals surface area contributed by atoms with Gasteiger partial charge in [0, 0.05) is 11.1 Å². The fourth-order valence-electron chi connectivity index (χ4n) is 3.99. The maximum Gasteiger partial charge on any atom is 0.272 e. The quantitative estimate of drug-likeness (QED) is 0.392.